The monoisotopic (exact) mass is 183 g/mol. The largest absolute Gasteiger partial charge is 0.381 e. The Balaban J connectivity index is 1.86. The van der Waals surface area contributed by atoms with Crippen LogP contribution in [0.25, 0.3) is 0 Å². The highest BCUT2D eigenvalue weighted by Crippen LogP contribution is 2.37. The molecule has 2 aliphatic rings. The summed E-state index contributed by atoms with van der Waals surface area (Å²) < 4.78 is 5.29. The smallest absolute Gasteiger partial charge is 0.0519 e. The van der Waals surface area contributed by atoms with Gasteiger partial charge in [0.1, 0.15) is 0 Å². The van der Waals surface area contributed by atoms with Gasteiger partial charge in [-0.05, 0) is 25.4 Å². The van der Waals surface area contributed by atoms with Gasteiger partial charge in [-0.25, -0.2) is 0 Å². The normalized spacial score (nSPS) is 27.5. The summed E-state index contributed by atoms with van der Waals surface area (Å²) in [6.07, 6.45) is 5.84. The van der Waals surface area contributed by atoms with Gasteiger partial charge in [-0.1, -0.05) is 25.7 Å². The molecule has 2 nitrogen and oxygen atoms in total. The molecule has 1 saturated carbocycles. The summed E-state index contributed by atoms with van der Waals surface area (Å²) in [7, 11) is 2.07. The fourth-order valence-electron chi connectivity index (χ4n) is 2.84. The highest BCUT2D eigenvalue weighted by molar-refractivity contribution is 4.84. The molecule has 2 heteroatoms. The van der Waals surface area contributed by atoms with Crippen LogP contribution in [0.3, 0.4) is 0 Å². The molecule has 1 aliphatic heterocycles. The van der Waals surface area contributed by atoms with Crippen LogP contribution in [0.4, 0.5) is 0 Å². The number of nitrogens with one attached hydrogen (secondary N) is 1. The molecule has 0 radical (unpaired) electrons. The molecule has 0 amide bonds. The van der Waals surface area contributed by atoms with Crippen LogP contribution in [-0.2, 0) is 4.74 Å². The predicted octanol–water partition coefficient (Wildman–Crippen LogP) is 1.66. The summed E-state index contributed by atoms with van der Waals surface area (Å²) in [5.74, 6) is 2.73. The van der Waals surface area contributed by atoms with Crippen molar-refractivity contribution in [2.24, 2.45) is 17.8 Å². The maximum atomic E-state index is 5.29. The van der Waals surface area contributed by atoms with E-state index < -0.39 is 0 Å². The number of rotatable bonds is 4. The van der Waals surface area contributed by atoms with Crippen molar-refractivity contribution in [3.05, 3.63) is 0 Å². The quantitative estimate of drug-likeness (QED) is 0.715. The molecular formula is C11H21NO. The van der Waals surface area contributed by atoms with Crippen molar-refractivity contribution in [1.82, 2.24) is 5.32 Å². The van der Waals surface area contributed by atoms with Crippen molar-refractivity contribution in [2.75, 3.05) is 26.8 Å². The summed E-state index contributed by atoms with van der Waals surface area (Å²) in [6, 6.07) is 0. The van der Waals surface area contributed by atoms with Gasteiger partial charge in [-0.2, -0.15) is 0 Å². The summed E-state index contributed by atoms with van der Waals surface area (Å²) in [5.41, 5.74) is 0. The third-order valence-corrected chi connectivity index (χ3v) is 3.71. The van der Waals surface area contributed by atoms with Gasteiger partial charge < -0.3 is 10.1 Å². The van der Waals surface area contributed by atoms with E-state index in [2.05, 4.69) is 12.4 Å². The summed E-state index contributed by atoms with van der Waals surface area (Å²) in [4.78, 5) is 0. The Morgan fingerprint density at radius 1 is 1.23 bits per heavy atom. The van der Waals surface area contributed by atoms with Crippen molar-refractivity contribution in [3.8, 4) is 0 Å². The molecular weight excluding hydrogens is 162 g/mol. The highest BCUT2D eigenvalue weighted by atomic mass is 16.5. The first kappa shape index (κ1) is 9.47. The lowest BCUT2D eigenvalue weighted by Crippen LogP contribution is -2.41. The van der Waals surface area contributed by atoms with Gasteiger partial charge in [-0.15, -0.1) is 0 Å². The molecule has 0 spiro atoms. The Hall–Kier alpha value is -0.0800. The van der Waals surface area contributed by atoms with Crippen LogP contribution in [-0.4, -0.2) is 26.8 Å². The van der Waals surface area contributed by atoms with Crippen molar-refractivity contribution >= 4 is 0 Å². The molecule has 2 rings (SSSR count). The van der Waals surface area contributed by atoms with Gasteiger partial charge in [0.2, 0.25) is 0 Å². The van der Waals surface area contributed by atoms with Gasteiger partial charge in [0.15, 0.2) is 0 Å². The lowest BCUT2D eigenvalue weighted by atomic mass is 9.79. The molecule has 1 N–H and O–H groups in total. The van der Waals surface area contributed by atoms with Crippen molar-refractivity contribution in [3.63, 3.8) is 0 Å². The van der Waals surface area contributed by atoms with Gasteiger partial charge in [0.05, 0.1) is 13.2 Å². The second-order valence-electron chi connectivity index (χ2n) is 4.56. The first-order chi connectivity index (χ1) is 6.42. The van der Waals surface area contributed by atoms with Crippen LogP contribution in [0.5, 0.6) is 0 Å². The molecule has 1 atom stereocenters. The Kier molecular flexibility index (Phi) is 3.23. The van der Waals surface area contributed by atoms with E-state index in [0.717, 1.165) is 31.0 Å². The molecule has 0 aromatic heterocycles. The van der Waals surface area contributed by atoms with Crippen LogP contribution >= 0.6 is 0 Å². The first-order valence-corrected chi connectivity index (χ1v) is 5.64. The molecule has 76 valence electrons. The minimum atomic E-state index is 0.857. The molecule has 0 aromatic carbocycles. The van der Waals surface area contributed by atoms with Crippen molar-refractivity contribution in [1.29, 1.82) is 0 Å². The fourth-order valence-corrected chi connectivity index (χ4v) is 2.84. The molecule has 1 unspecified atom stereocenters. The van der Waals surface area contributed by atoms with Gasteiger partial charge >= 0.3 is 0 Å². The summed E-state index contributed by atoms with van der Waals surface area (Å²) >= 11 is 0. The van der Waals surface area contributed by atoms with Crippen molar-refractivity contribution < 1.29 is 4.74 Å². The zero-order valence-corrected chi connectivity index (χ0v) is 8.59. The standard InChI is InChI=1S/C11H21NO/c1-12-6-11(10-7-13-8-10)9-4-2-3-5-9/h9-12H,2-8H2,1H3. The van der Waals surface area contributed by atoms with Crippen LogP contribution in [0.1, 0.15) is 25.7 Å². The Morgan fingerprint density at radius 2 is 1.92 bits per heavy atom. The van der Waals surface area contributed by atoms with E-state index in [-0.39, 0.29) is 0 Å². The molecule has 1 aliphatic carbocycles. The maximum absolute atomic E-state index is 5.29. The fraction of sp³-hybridized carbons (Fsp3) is 1.00. The van der Waals surface area contributed by atoms with E-state index in [1.54, 1.807) is 0 Å². The Labute approximate surface area is 81.0 Å². The third-order valence-electron chi connectivity index (χ3n) is 3.71. The SMILES string of the molecule is CNCC(C1CCCC1)C1COC1. The minimum Gasteiger partial charge on any atom is -0.381 e. The lowest BCUT2D eigenvalue weighted by molar-refractivity contribution is -0.0718. The zero-order valence-electron chi connectivity index (χ0n) is 8.59. The predicted molar refractivity (Wildman–Crippen MR) is 53.7 cm³/mol. The topological polar surface area (TPSA) is 21.3 Å². The van der Waals surface area contributed by atoms with Gasteiger partial charge in [0.25, 0.3) is 0 Å². The Bertz CT molecular complexity index is 150. The summed E-state index contributed by atoms with van der Waals surface area (Å²) in [5, 5.41) is 3.34. The van der Waals surface area contributed by atoms with Crippen LogP contribution in [0.2, 0.25) is 0 Å². The van der Waals surface area contributed by atoms with Crippen LogP contribution < -0.4 is 5.32 Å². The second-order valence-corrected chi connectivity index (χ2v) is 4.56. The number of ether oxygens (including phenoxy) is 1. The van der Waals surface area contributed by atoms with E-state index in [9.17, 15) is 0 Å². The van der Waals surface area contributed by atoms with Crippen LogP contribution in [0.15, 0.2) is 0 Å². The average molecular weight is 183 g/mol. The van der Waals surface area contributed by atoms with Crippen LogP contribution in [0, 0.1) is 17.8 Å². The molecule has 0 aromatic rings. The van der Waals surface area contributed by atoms with E-state index in [1.165, 1.54) is 32.2 Å². The Morgan fingerprint density at radius 3 is 2.38 bits per heavy atom. The van der Waals surface area contributed by atoms with Crippen molar-refractivity contribution in [2.45, 2.75) is 25.7 Å². The number of hydrogen-bond donors (Lipinski definition) is 1. The van der Waals surface area contributed by atoms with E-state index >= 15 is 0 Å². The van der Waals surface area contributed by atoms with E-state index in [0.29, 0.717) is 0 Å². The zero-order chi connectivity index (χ0) is 9.10. The average Bonchev–Trinajstić information content (AvgIpc) is 2.51. The molecule has 1 heterocycles. The highest BCUT2D eigenvalue weighted by Gasteiger charge is 2.34. The van der Waals surface area contributed by atoms with E-state index in [4.69, 9.17) is 4.74 Å². The molecule has 1 saturated heterocycles. The van der Waals surface area contributed by atoms with Gasteiger partial charge in [0, 0.05) is 5.92 Å². The second kappa shape index (κ2) is 4.43. The maximum Gasteiger partial charge on any atom is 0.0519 e. The lowest BCUT2D eigenvalue weighted by Gasteiger charge is -2.37. The molecule has 13 heavy (non-hydrogen) atoms. The van der Waals surface area contributed by atoms with Gasteiger partial charge in [-0.3, -0.25) is 0 Å². The molecule has 0 bridgehead atoms. The minimum absolute atomic E-state index is 0.857. The summed E-state index contributed by atoms with van der Waals surface area (Å²) in [6.45, 7) is 3.23. The third kappa shape index (κ3) is 2.05. The number of hydrogen-bond acceptors (Lipinski definition) is 2. The first-order valence-electron chi connectivity index (χ1n) is 5.64. The molecule has 2 fully saturated rings. The van der Waals surface area contributed by atoms with E-state index in [1.807, 2.05) is 0 Å².